The summed E-state index contributed by atoms with van der Waals surface area (Å²) < 4.78 is 1.70. The number of hydrogen-bond acceptors (Lipinski definition) is 5. The van der Waals surface area contributed by atoms with Crippen molar-refractivity contribution in [2.75, 3.05) is 5.32 Å². The highest BCUT2D eigenvalue weighted by Gasteiger charge is 2.19. The first-order valence-corrected chi connectivity index (χ1v) is 8.80. The lowest BCUT2D eigenvalue weighted by Crippen LogP contribution is -2.17. The van der Waals surface area contributed by atoms with Crippen LogP contribution in [0.1, 0.15) is 28.4 Å². The van der Waals surface area contributed by atoms with Crippen molar-refractivity contribution < 1.29 is 0 Å². The van der Waals surface area contributed by atoms with Crippen LogP contribution in [0.4, 0.5) is 5.95 Å². The van der Waals surface area contributed by atoms with Gasteiger partial charge in [0, 0.05) is 6.20 Å². The average Bonchev–Trinajstić information content (AvgIpc) is 3.16. The molecule has 134 valence electrons. The SMILES string of the molecule is Cc1ccc(-n2nnnc2NC(c2cccc(C)c2)c2ccccn2)cc1. The highest BCUT2D eigenvalue weighted by Crippen LogP contribution is 2.26. The van der Waals surface area contributed by atoms with E-state index < -0.39 is 0 Å². The van der Waals surface area contributed by atoms with E-state index in [1.165, 1.54) is 11.1 Å². The molecule has 0 saturated heterocycles. The quantitative estimate of drug-likeness (QED) is 0.588. The number of anilines is 1. The summed E-state index contributed by atoms with van der Waals surface area (Å²) in [5.41, 5.74) is 5.28. The van der Waals surface area contributed by atoms with Crippen LogP contribution < -0.4 is 5.32 Å². The number of benzene rings is 2. The zero-order chi connectivity index (χ0) is 18.6. The zero-order valence-electron chi connectivity index (χ0n) is 15.2. The molecule has 4 rings (SSSR count). The molecule has 2 heterocycles. The molecule has 0 aliphatic rings. The summed E-state index contributed by atoms with van der Waals surface area (Å²) >= 11 is 0. The van der Waals surface area contributed by atoms with Crippen LogP contribution >= 0.6 is 0 Å². The monoisotopic (exact) mass is 356 g/mol. The number of nitrogens with one attached hydrogen (secondary N) is 1. The van der Waals surface area contributed by atoms with E-state index in [-0.39, 0.29) is 6.04 Å². The molecule has 0 radical (unpaired) electrons. The van der Waals surface area contributed by atoms with Crippen molar-refractivity contribution in [2.45, 2.75) is 19.9 Å². The number of nitrogens with zero attached hydrogens (tertiary/aromatic N) is 5. The predicted molar refractivity (Wildman–Crippen MR) is 105 cm³/mol. The summed E-state index contributed by atoms with van der Waals surface area (Å²) in [5.74, 6) is 0.566. The molecule has 2 aromatic carbocycles. The third-order valence-corrected chi connectivity index (χ3v) is 4.38. The van der Waals surface area contributed by atoms with Crippen molar-refractivity contribution in [1.82, 2.24) is 25.2 Å². The Morgan fingerprint density at radius 1 is 0.889 bits per heavy atom. The molecule has 0 aliphatic heterocycles. The fourth-order valence-electron chi connectivity index (χ4n) is 2.99. The Hall–Kier alpha value is -3.54. The molecular weight excluding hydrogens is 336 g/mol. The minimum absolute atomic E-state index is 0.165. The Morgan fingerprint density at radius 3 is 2.48 bits per heavy atom. The van der Waals surface area contributed by atoms with Crippen LogP contribution in [0.25, 0.3) is 5.69 Å². The molecule has 27 heavy (non-hydrogen) atoms. The normalized spacial score (nSPS) is 11.9. The smallest absolute Gasteiger partial charge is 0.248 e. The fraction of sp³-hybridized carbons (Fsp3) is 0.143. The second kappa shape index (κ2) is 7.37. The van der Waals surface area contributed by atoms with Crippen molar-refractivity contribution in [1.29, 1.82) is 0 Å². The number of rotatable bonds is 5. The number of tetrazole rings is 1. The van der Waals surface area contributed by atoms with Gasteiger partial charge in [-0.05, 0) is 54.1 Å². The highest BCUT2D eigenvalue weighted by molar-refractivity contribution is 5.44. The van der Waals surface area contributed by atoms with Crippen molar-refractivity contribution in [3.05, 3.63) is 95.3 Å². The first-order chi connectivity index (χ1) is 13.2. The van der Waals surface area contributed by atoms with Gasteiger partial charge in [0.25, 0.3) is 0 Å². The second-order valence-electron chi connectivity index (χ2n) is 6.50. The molecule has 0 fully saturated rings. The summed E-state index contributed by atoms with van der Waals surface area (Å²) in [4.78, 5) is 4.54. The minimum atomic E-state index is -0.165. The lowest BCUT2D eigenvalue weighted by molar-refractivity contribution is 0.782. The molecule has 1 atom stereocenters. The minimum Gasteiger partial charge on any atom is -0.340 e. The van der Waals surface area contributed by atoms with Gasteiger partial charge in [-0.1, -0.05) is 58.7 Å². The average molecular weight is 356 g/mol. The van der Waals surface area contributed by atoms with Gasteiger partial charge < -0.3 is 5.32 Å². The van der Waals surface area contributed by atoms with Crippen LogP contribution in [-0.2, 0) is 0 Å². The molecular formula is C21H20N6. The topological polar surface area (TPSA) is 68.5 Å². The zero-order valence-corrected chi connectivity index (χ0v) is 15.2. The molecule has 0 amide bonds. The molecule has 6 nitrogen and oxygen atoms in total. The molecule has 0 saturated carbocycles. The number of pyridine rings is 1. The number of hydrogen-bond donors (Lipinski definition) is 1. The van der Waals surface area contributed by atoms with Crippen molar-refractivity contribution >= 4 is 5.95 Å². The molecule has 0 aliphatic carbocycles. The van der Waals surface area contributed by atoms with Gasteiger partial charge in [0.15, 0.2) is 0 Å². The molecule has 6 heteroatoms. The van der Waals surface area contributed by atoms with Gasteiger partial charge in [-0.3, -0.25) is 4.98 Å². The molecule has 1 unspecified atom stereocenters. The van der Waals surface area contributed by atoms with Gasteiger partial charge in [0.1, 0.15) is 0 Å². The Bertz CT molecular complexity index is 1020. The molecule has 0 bridgehead atoms. The van der Waals surface area contributed by atoms with Crippen LogP contribution in [-0.4, -0.2) is 25.2 Å². The number of aromatic nitrogens is 5. The summed E-state index contributed by atoms with van der Waals surface area (Å²) in [6.07, 6.45) is 1.79. The van der Waals surface area contributed by atoms with Crippen molar-refractivity contribution in [2.24, 2.45) is 0 Å². The van der Waals surface area contributed by atoms with Gasteiger partial charge in [-0.25, -0.2) is 0 Å². The maximum absolute atomic E-state index is 4.54. The molecule has 1 N–H and O–H groups in total. The predicted octanol–water partition coefficient (Wildman–Crippen LogP) is 3.88. The van der Waals surface area contributed by atoms with Crippen LogP contribution in [0, 0.1) is 13.8 Å². The first-order valence-electron chi connectivity index (χ1n) is 8.80. The molecule has 0 spiro atoms. The number of aryl methyl sites for hydroxylation is 2. The maximum atomic E-state index is 4.54. The summed E-state index contributed by atoms with van der Waals surface area (Å²) in [6, 6.07) is 22.2. The van der Waals surface area contributed by atoms with Gasteiger partial charge in [0.05, 0.1) is 17.4 Å². The Kier molecular flexibility index (Phi) is 4.61. The van der Waals surface area contributed by atoms with E-state index in [4.69, 9.17) is 0 Å². The lowest BCUT2D eigenvalue weighted by atomic mass is 10.0. The summed E-state index contributed by atoms with van der Waals surface area (Å²) in [6.45, 7) is 4.13. The lowest BCUT2D eigenvalue weighted by Gasteiger charge is -2.19. The van der Waals surface area contributed by atoms with Crippen LogP contribution in [0.2, 0.25) is 0 Å². The van der Waals surface area contributed by atoms with E-state index in [9.17, 15) is 0 Å². The van der Waals surface area contributed by atoms with Gasteiger partial charge in [-0.15, -0.1) is 0 Å². The van der Waals surface area contributed by atoms with Crippen molar-refractivity contribution in [3.63, 3.8) is 0 Å². The Labute approximate surface area is 157 Å². The first kappa shape index (κ1) is 16.9. The van der Waals surface area contributed by atoms with Crippen molar-refractivity contribution in [3.8, 4) is 5.69 Å². The van der Waals surface area contributed by atoms with Crippen LogP contribution in [0.3, 0.4) is 0 Å². The summed E-state index contributed by atoms with van der Waals surface area (Å²) in [5, 5.41) is 15.7. The van der Waals surface area contributed by atoms with E-state index >= 15 is 0 Å². The largest absolute Gasteiger partial charge is 0.340 e. The summed E-state index contributed by atoms with van der Waals surface area (Å²) in [7, 11) is 0. The highest BCUT2D eigenvalue weighted by atomic mass is 15.6. The van der Waals surface area contributed by atoms with E-state index in [0.717, 1.165) is 16.9 Å². The Balaban J connectivity index is 1.73. The fourth-order valence-corrected chi connectivity index (χ4v) is 2.99. The third kappa shape index (κ3) is 3.69. The molecule has 4 aromatic rings. The Morgan fingerprint density at radius 2 is 1.74 bits per heavy atom. The van der Waals surface area contributed by atoms with Gasteiger partial charge in [-0.2, -0.15) is 4.68 Å². The third-order valence-electron chi connectivity index (χ3n) is 4.38. The van der Waals surface area contributed by atoms with E-state index in [0.29, 0.717) is 5.95 Å². The standard InChI is InChI=1S/C21H20N6/c1-15-9-11-18(12-10-15)27-21(24-25-26-27)23-20(19-8-3-4-13-22-19)17-7-5-6-16(2)14-17/h3-14,20H,1-2H3,(H,23,24,26). The van der Waals surface area contributed by atoms with Crippen LogP contribution in [0.15, 0.2) is 72.9 Å². The van der Waals surface area contributed by atoms with Gasteiger partial charge in [0.2, 0.25) is 5.95 Å². The molecule has 2 aromatic heterocycles. The van der Waals surface area contributed by atoms with Gasteiger partial charge >= 0.3 is 0 Å². The van der Waals surface area contributed by atoms with E-state index in [1.54, 1.807) is 10.9 Å². The maximum Gasteiger partial charge on any atom is 0.248 e. The van der Waals surface area contributed by atoms with E-state index in [2.05, 4.69) is 57.9 Å². The second-order valence-corrected chi connectivity index (χ2v) is 6.50. The van der Waals surface area contributed by atoms with E-state index in [1.807, 2.05) is 48.5 Å². The van der Waals surface area contributed by atoms with Crippen LogP contribution in [0.5, 0.6) is 0 Å².